The van der Waals surface area contributed by atoms with Crippen LogP contribution in [0.4, 0.5) is 0 Å². The molecule has 1 N–H and O–H groups in total. The Hall–Kier alpha value is -1.09. The van der Waals surface area contributed by atoms with Crippen molar-refractivity contribution in [1.29, 1.82) is 0 Å². The highest BCUT2D eigenvalue weighted by Crippen LogP contribution is 2.58. The Morgan fingerprint density at radius 1 is 1.04 bits per heavy atom. The summed E-state index contributed by atoms with van der Waals surface area (Å²) in [5, 5.41) is 9.82. The third-order valence-corrected chi connectivity index (χ3v) is 6.89. The van der Waals surface area contributed by atoms with E-state index < -0.39 is 5.97 Å². The fourth-order valence-electron chi connectivity index (χ4n) is 5.72. The molecule has 0 spiro atoms. The van der Waals surface area contributed by atoms with E-state index in [1.807, 2.05) is 36.4 Å². The number of hydrogen-bond acceptors (Lipinski definition) is 1. The van der Waals surface area contributed by atoms with Crippen molar-refractivity contribution in [2.24, 2.45) is 35.5 Å². The number of carbonyl (C=O) groups is 1. The average molecular weight is 375 g/mol. The van der Waals surface area contributed by atoms with E-state index in [-0.39, 0.29) is 5.92 Å². The maximum absolute atomic E-state index is 11.9. The molecule has 1 aromatic carbocycles. The van der Waals surface area contributed by atoms with Crippen molar-refractivity contribution < 1.29 is 9.90 Å². The summed E-state index contributed by atoms with van der Waals surface area (Å²) in [7, 11) is 0. The molecule has 1 unspecified atom stereocenters. The fourth-order valence-corrected chi connectivity index (χ4v) is 5.98. The number of carboxylic acid groups (broad SMARTS) is 1. The molecule has 0 radical (unpaired) electrons. The second-order valence-corrected chi connectivity index (χ2v) is 8.70. The van der Waals surface area contributed by atoms with Crippen molar-refractivity contribution in [3.05, 3.63) is 40.4 Å². The smallest absolute Gasteiger partial charge is 0.310 e. The number of halogens is 1. The first-order valence-electron chi connectivity index (χ1n) is 8.76. The van der Waals surface area contributed by atoms with Gasteiger partial charge in [-0.1, -0.05) is 40.2 Å². The topological polar surface area (TPSA) is 37.3 Å². The van der Waals surface area contributed by atoms with Crippen LogP contribution in [-0.4, -0.2) is 11.1 Å². The second-order valence-electron chi connectivity index (χ2n) is 7.78. The van der Waals surface area contributed by atoms with Gasteiger partial charge in [0.2, 0.25) is 0 Å². The Bertz CT molecular complexity index is 591. The summed E-state index contributed by atoms with van der Waals surface area (Å²) in [6, 6.07) is 8.05. The van der Waals surface area contributed by atoms with Gasteiger partial charge in [-0.3, -0.25) is 4.79 Å². The minimum atomic E-state index is -0.643. The van der Waals surface area contributed by atoms with E-state index in [4.69, 9.17) is 0 Å². The predicted molar refractivity (Wildman–Crippen MR) is 94.8 cm³/mol. The average Bonchev–Trinajstić information content (AvgIpc) is 2.50. The molecule has 4 fully saturated rings. The zero-order valence-corrected chi connectivity index (χ0v) is 14.8. The van der Waals surface area contributed by atoms with Crippen LogP contribution in [-0.2, 0) is 4.79 Å². The lowest BCUT2D eigenvalue weighted by molar-refractivity contribution is -0.148. The molecule has 1 atom stereocenters. The lowest BCUT2D eigenvalue weighted by Gasteiger charge is -2.55. The van der Waals surface area contributed by atoms with Gasteiger partial charge in [0.1, 0.15) is 0 Å². The molecule has 0 amide bonds. The summed E-state index contributed by atoms with van der Waals surface area (Å²) in [5.74, 6) is 2.44. The van der Waals surface area contributed by atoms with Crippen molar-refractivity contribution in [3.8, 4) is 0 Å². The van der Waals surface area contributed by atoms with Gasteiger partial charge in [-0.2, -0.15) is 0 Å². The maximum Gasteiger partial charge on any atom is 0.310 e. The van der Waals surface area contributed by atoms with Crippen LogP contribution in [0.2, 0.25) is 0 Å². The lowest BCUT2D eigenvalue weighted by Crippen LogP contribution is -2.48. The monoisotopic (exact) mass is 374 g/mol. The van der Waals surface area contributed by atoms with Crippen LogP contribution in [0.15, 0.2) is 34.8 Å². The van der Waals surface area contributed by atoms with E-state index in [2.05, 4.69) is 15.9 Å². The largest absolute Gasteiger partial charge is 0.481 e. The van der Waals surface area contributed by atoms with Crippen LogP contribution in [0.1, 0.15) is 37.7 Å². The van der Waals surface area contributed by atoms with Crippen LogP contribution in [0.5, 0.6) is 0 Å². The van der Waals surface area contributed by atoms with Crippen molar-refractivity contribution in [2.75, 3.05) is 0 Å². The van der Waals surface area contributed by atoms with Crippen LogP contribution >= 0.6 is 15.9 Å². The van der Waals surface area contributed by atoms with Crippen molar-refractivity contribution in [2.45, 2.75) is 32.1 Å². The molecule has 0 aromatic heterocycles. The number of hydrogen-bond donors (Lipinski definition) is 1. The molecule has 5 rings (SSSR count). The minimum Gasteiger partial charge on any atom is -0.481 e. The van der Waals surface area contributed by atoms with Gasteiger partial charge in [0.05, 0.1) is 5.92 Å². The van der Waals surface area contributed by atoms with Gasteiger partial charge in [-0.05, 0) is 79.4 Å². The van der Waals surface area contributed by atoms with Crippen molar-refractivity contribution in [3.63, 3.8) is 0 Å². The van der Waals surface area contributed by atoms with Crippen LogP contribution in [0.3, 0.4) is 0 Å². The van der Waals surface area contributed by atoms with Crippen LogP contribution < -0.4 is 0 Å². The highest BCUT2D eigenvalue weighted by Gasteiger charge is 2.51. The molecule has 0 aliphatic heterocycles. The predicted octanol–water partition coefficient (Wildman–Crippen LogP) is 5.24. The van der Waals surface area contributed by atoms with E-state index in [0.717, 1.165) is 21.9 Å². The highest BCUT2D eigenvalue weighted by molar-refractivity contribution is 9.10. The zero-order valence-electron chi connectivity index (χ0n) is 13.2. The standard InChI is InChI=1S/C20H23BrO2/c21-17-4-1-12(2-5-17)3-6-18(20(22)23)19-15-8-13-7-14(10-15)11-16(19)9-13/h1-6,13-16,18-19H,7-11H2,(H,22,23). The molecule has 0 heterocycles. The molecule has 23 heavy (non-hydrogen) atoms. The maximum atomic E-state index is 11.9. The molecule has 3 heteroatoms. The Labute approximate surface area is 146 Å². The van der Waals surface area contributed by atoms with Gasteiger partial charge in [-0.25, -0.2) is 0 Å². The van der Waals surface area contributed by atoms with Crippen LogP contribution in [0.25, 0.3) is 6.08 Å². The summed E-state index contributed by atoms with van der Waals surface area (Å²) < 4.78 is 1.05. The third kappa shape index (κ3) is 3.00. The second kappa shape index (κ2) is 6.08. The fraction of sp³-hybridized carbons (Fsp3) is 0.550. The third-order valence-electron chi connectivity index (χ3n) is 6.37. The molecule has 0 saturated heterocycles. The van der Waals surface area contributed by atoms with E-state index in [0.29, 0.717) is 17.8 Å². The minimum absolute atomic E-state index is 0.325. The van der Waals surface area contributed by atoms with Gasteiger partial charge in [0, 0.05) is 4.47 Å². The Kier molecular flexibility index (Phi) is 4.08. The number of aliphatic carboxylic acids is 1. The van der Waals surface area contributed by atoms with Crippen molar-refractivity contribution >= 4 is 28.0 Å². The van der Waals surface area contributed by atoms with Crippen molar-refractivity contribution in [1.82, 2.24) is 0 Å². The summed E-state index contributed by atoms with van der Waals surface area (Å²) in [5.41, 5.74) is 1.07. The van der Waals surface area contributed by atoms with E-state index in [1.54, 1.807) is 0 Å². The lowest BCUT2D eigenvalue weighted by atomic mass is 9.49. The first-order valence-corrected chi connectivity index (χ1v) is 9.56. The number of benzene rings is 1. The number of carboxylic acids is 1. The summed E-state index contributed by atoms with van der Waals surface area (Å²) in [4.78, 5) is 11.9. The molecule has 4 saturated carbocycles. The van der Waals surface area contributed by atoms with E-state index >= 15 is 0 Å². The molecule has 1 aromatic rings. The molecule has 2 nitrogen and oxygen atoms in total. The molecule has 122 valence electrons. The Morgan fingerprint density at radius 2 is 1.61 bits per heavy atom. The molecular weight excluding hydrogens is 352 g/mol. The molecule has 4 aliphatic carbocycles. The van der Waals surface area contributed by atoms with E-state index in [1.165, 1.54) is 32.1 Å². The SMILES string of the molecule is O=C(O)C(C=Cc1ccc(Br)cc1)C1C2CC3CC(C2)CC1C3. The Morgan fingerprint density at radius 3 is 2.13 bits per heavy atom. The Balaban J connectivity index is 1.56. The first kappa shape index (κ1) is 15.4. The van der Waals surface area contributed by atoms with E-state index in [9.17, 15) is 9.90 Å². The molecular formula is C20H23BrO2. The quantitative estimate of drug-likeness (QED) is 0.782. The van der Waals surface area contributed by atoms with Gasteiger partial charge >= 0.3 is 5.97 Å². The van der Waals surface area contributed by atoms with Crippen LogP contribution in [0, 0.1) is 35.5 Å². The van der Waals surface area contributed by atoms with Gasteiger partial charge in [-0.15, -0.1) is 0 Å². The molecule has 4 aliphatic rings. The van der Waals surface area contributed by atoms with Gasteiger partial charge in [0.15, 0.2) is 0 Å². The number of rotatable bonds is 4. The summed E-state index contributed by atoms with van der Waals surface area (Å²) >= 11 is 3.44. The first-order chi connectivity index (χ1) is 11.1. The summed E-state index contributed by atoms with van der Waals surface area (Å²) in [6.07, 6.45) is 10.4. The summed E-state index contributed by atoms with van der Waals surface area (Å²) in [6.45, 7) is 0. The van der Waals surface area contributed by atoms with Gasteiger partial charge in [0.25, 0.3) is 0 Å². The highest BCUT2D eigenvalue weighted by atomic mass is 79.9. The zero-order chi connectivity index (χ0) is 16.0. The molecule has 4 bridgehead atoms. The van der Waals surface area contributed by atoms with Gasteiger partial charge < -0.3 is 5.11 Å². The normalized spacial score (nSPS) is 36.5.